The van der Waals surface area contributed by atoms with Crippen LogP contribution in [-0.4, -0.2) is 39.3 Å². The van der Waals surface area contributed by atoms with Gasteiger partial charge >= 0.3 is 6.09 Å². The van der Waals surface area contributed by atoms with Crippen LogP contribution in [0.15, 0.2) is 60.1 Å². The van der Waals surface area contributed by atoms with Crippen LogP contribution in [0.25, 0.3) is 0 Å². The molecular weight excluding hydrogens is 640 g/mol. The number of ether oxygens (including phenoxy) is 1. The molecule has 0 aliphatic carbocycles. The highest BCUT2D eigenvalue weighted by Gasteiger charge is 2.22. The number of H-pyrrole nitrogens is 1. The lowest BCUT2D eigenvalue weighted by atomic mass is 10.1. The molecule has 2 aromatic carbocycles. The van der Waals surface area contributed by atoms with E-state index in [9.17, 15) is 14.7 Å². The molecule has 166 valence electrons. The number of hydrazone groups is 1. The lowest BCUT2D eigenvalue weighted by Gasteiger charge is -2.16. The highest BCUT2D eigenvalue weighted by atomic mass is 127. The van der Waals surface area contributed by atoms with Crippen molar-refractivity contribution in [3.05, 3.63) is 78.9 Å². The van der Waals surface area contributed by atoms with E-state index in [0.717, 1.165) is 5.56 Å². The zero-order chi connectivity index (χ0) is 22.9. The molecule has 0 saturated heterocycles. The predicted octanol–water partition coefficient (Wildman–Crippen LogP) is 3.31. The van der Waals surface area contributed by atoms with Crippen molar-refractivity contribution in [3.63, 3.8) is 0 Å². The van der Waals surface area contributed by atoms with E-state index in [-0.39, 0.29) is 18.8 Å². The van der Waals surface area contributed by atoms with Gasteiger partial charge in [-0.25, -0.2) is 15.2 Å². The van der Waals surface area contributed by atoms with Gasteiger partial charge in [0.1, 0.15) is 18.4 Å². The number of halogens is 2. The Morgan fingerprint density at radius 3 is 2.59 bits per heavy atom. The Kier molecular flexibility index (Phi) is 8.84. The number of carbonyl (C=O) groups excluding carboxylic acids is 2. The summed E-state index contributed by atoms with van der Waals surface area (Å²) in [5.74, 6) is -0.319. The van der Waals surface area contributed by atoms with Crippen LogP contribution < -0.4 is 10.7 Å². The molecule has 0 aliphatic rings. The Balaban J connectivity index is 1.62. The maximum absolute atomic E-state index is 12.7. The average Bonchev–Trinajstić information content (AvgIpc) is 3.29. The van der Waals surface area contributed by atoms with Gasteiger partial charge in [0, 0.05) is 18.3 Å². The van der Waals surface area contributed by atoms with Gasteiger partial charge in [-0.3, -0.25) is 4.79 Å². The molecular formula is C21H19I2N5O4. The maximum Gasteiger partial charge on any atom is 0.408 e. The fourth-order valence-corrected chi connectivity index (χ4v) is 4.46. The van der Waals surface area contributed by atoms with Crippen molar-refractivity contribution in [2.24, 2.45) is 5.10 Å². The minimum absolute atomic E-state index is 0.0847. The third kappa shape index (κ3) is 7.19. The van der Waals surface area contributed by atoms with E-state index in [4.69, 9.17) is 4.74 Å². The standard InChI is InChI=1S/C21H19I2N5O4/c22-16-6-14(7-17(23)19(16)29)9-26-28-20(30)18(8-15-10-24-12-25-15)27-21(31)32-11-13-4-2-1-3-5-13/h1-7,9-10,12,18,29H,8,11H2,(H,24,25)(H,27,31)(H,28,30)/b26-9-/t18-/m1/s1. The molecule has 1 atom stereocenters. The molecule has 3 rings (SSSR count). The van der Waals surface area contributed by atoms with Crippen molar-refractivity contribution in [3.8, 4) is 5.75 Å². The van der Waals surface area contributed by atoms with E-state index in [1.54, 1.807) is 18.3 Å². The summed E-state index contributed by atoms with van der Waals surface area (Å²) in [6.07, 6.45) is 3.98. The van der Waals surface area contributed by atoms with Gasteiger partial charge in [-0.1, -0.05) is 30.3 Å². The third-order valence-corrected chi connectivity index (χ3v) is 5.87. The number of amides is 2. The van der Waals surface area contributed by atoms with Crippen molar-refractivity contribution < 1.29 is 19.4 Å². The van der Waals surface area contributed by atoms with Gasteiger partial charge in [0.25, 0.3) is 5.91 Å². The largest absolute Gasteiger partial charge is 0.506 e. The molecule has 0 spiro atoms. The first kappa shape index (κ1) is 24.0. The molecule has 2 amide bonds. The summed E-state index contributed by atoms with van der Waals surface area (Å²) < 4.78 is 6.56. The summed E-state index contributed by atoms with van der Waals surface area (Å²) in [5.41, 5.74) is 4.64. The first-order valence-corrected chi connectivity index (χ1v) is 11.5. The van der Waals surface area contributed by atoms with Gasteiger partial charge < -0.3 is 20.1 Å². The molecule has 0 radical (unpaired) electrons. The zero-order valence-corrected chi connectivity index (χ0v) is 20.9. The highest BCUT2D eigenvalue weighted by Crippen LogP contribution is 2.26. The first-order valence-electron chi connectivity index (χ1n) is 9.37. The number of rotatable bonds is 8. The number of carbonyl (C=O) groups is 2. The van der Waals surface area contributed by atoms with Crippen LogP contribution in [0.3, 0.4) is 0 Å². The Bertz CT molecular complexity index is 1070. The number of aromatic amines is 1. The van der Waals surface area contributed by atoms with Crippen LogP contribution in [0.4, 0.5) is 4.79 Å². The molecule has 4 N–H and O–H groups in total. The number of hydrogen-bond acceptors (Lipinski definition) is 6. The highest BCUT2D eigenvalue weighted by molar-refractivity contribution is 14.1. The molecule has 11 heteroatoms. The normalized spacial score (nSPS) is 11.8. The smallest absolute Gasteiger partial charge is 0.408 e. The molecule has 0 aliphatic heterocycles. The van der Waals surface area contributed by atoms with Crippen molar-refractivity contribution in [2.75, 3.05) is 0 Å². The molecule has 1 aromatic heterocycles. The number of benzene rings is 2. The van der Waals surface area contributed by atoms with E-state index in [1.807, 2.05) is 75.5 Å². The quantitative estimate of drug-likeness (QED) is 0.168. The Morgan fingerprint density at radius 2 is 1.94 bits per heavy atom. The second-order valence-corrected chi connectivity index (χ2v) is 8.93. The average molecular weight is 659 g/mol. The van der Waals surface area contributed by atoms with Gasteiger partial charge in [0.05, 0.1) is 19.7 Å². The van der Waals surface area contributed by atoms with Gasteiger partial charge in [0.15, 0.2) is 0 Å². The summed E-state index contributed by atoms with van der Waals surface area (Å²) in [7, 11) is 0. The number of alkyl carbamates (subject to hydrolysis) is 1. The van der Waals surface area contributed by atoms with Crippen LogP contribution >= 0.6 is 45.2 Å². The van der Waals surface area contributed by atoms with E-state index < -0.39 is 18.0 Å². The summed E-state index contributed by atoms with van der Waals surface area (Å²) in [6.45, 7) is 0.0847. The van der Waals surface area contributed by atoms with Gasteiger partial charge in [-0.15, -0.1) is 0 Å². The van der Waals surface area contributed by atoms with Crippen molar-refractivity contribution in [1.82, 2.24) is 20.7 Å². The van der Waals surface area contributed by atoms with Crippen LogP contribution in [0.1, 0.15) is 16.8 Å². The van der Waals surface area contributed by atoms with Crippen molar-refractivity contribution >= 4 is 63.4 Å². The summed E-state index contributed by atoms with van der Waals surface area (Å²) in [4.78, 5) is 31.8. The molecule has 32 heavy (non-hydrogen) atoms. The third-order valence-electron chi connectivity index (χ3n) is 4.23. The summed E-state index contributed by atoms with van der Waals surface area (Å²) in [5, 5.41) is 16.4. The zero-order valence-electron chi connectivity index (χ0n) is 16.6. The lowest BCUT2D eigenvalue weighted by Crippen LogP contribution is -2.47. The van der Waals surface area contributed by atoms with Crippen LogP contribution in [0.2, 0.25) is 0 Å². The number of hydrogen-bond donors (Lipinski definition) is 4. The minimum Gasteiger partial charge on any atom is -0.506 e. The second kappa shape index (κ2) is 11.8. The molecule has 0 saturated carbocycles. The predicted molar refractivity (Wildman–Crippen MR) is 135 cm³/mol. The van der Waals surface area contributed by atoms with E-state index in [1.165, 1.54) is 12.5 Å². The fraction of sp³-hybridized carbons (Fsp3) is 0.143. The number of phenolic OH excluding ortho intramolecular Hbond substituents is 1. The number of aromatic nitrogens is 2. The number of phenols is 1. The van der Waals surface area contributed by atoms with Gasteiger partial charge in [-0.05, 0) is 68.4 Å². The molecule has 0 fully saturated rings. The van der Waals surface area contributed by atoms with Crippen LogP contribution in [0, 0.1) is 7.14 Å². The second-order valence-electron chi connectivity index (χ2n) is 6.61. The lowest BCUT2D eigenvalue weighted by molar-refractivity contribution is -0.123. The van der Waals surface area contributed by atoms with E-state index in [2.05, 4.69) is 25.8 Å². The molecule has 3 aromatic rings. The van der Waals surface area contributed by atoms with Crippen molar-refractivity contribution in [2.45, 2.75) is 19.1 Å². The Hall–Kier alpha value is -2.68. The minimum atomic E-state index is -0.934. The van der Waals surface area contributed by atoms with E-state index >= 15 is 0 Å². The number of aromatic hydroxyl groups is 1. The van der Waals surface area contributed by atoms with Gasteiger partial charge in [-0.2, -0.15) is 5.10 Å². The SMILES string of the molecule is O=C(N[C@H](Cc1cnc[nH]1)C(=O)N/N=C\c1cc(I)c(O)c(I)c1)OCc1ccccc1. The van der Waals surface area contributed by atoms with E-state index in [0.29, 0.717) is 18.4 Å². The Morgan fingerprint density at radius 1 is 1.22 bits per heavy atom. The number of imidazole rings is 1. The fourth-order valence-electron chi connectivity index (χ4n) is 2.64. The molecule has 0 bridgehead atoms. The monoisotopic (exact) mass is 659 g/mol. The van der Waals surface area contributed by atoms with Crippen LogP contribution in [0.5, 0.6) is 5.75 Å². The molecule has 1 heterocycles. The Labute approximate surface area is 211 Å². The molecule has 0 unspecified atom stereocenters. The first-order chi connectivity index (χ1) is 15.4. The molecule has 9 nitrogen and oxygen atoms in total. The van der Waals surface area contributed by atoms with Crippen molar-refractivity contribution in [1.29, 1.82) is 0 Å². The summed E-state index contributed by atoms with van der Waals surface area (Å²) in [6, 6.07) is 11.8. The summed E-state index contributed by atoms with van der Waals surface area (Å²) >= 11 is 4.03. The topological polar surface area (TPSA) is 129 Å². The number of nitrogens with zero attached hydrogens (tertiary/aromatic N) is 2. The number of nitrogens with one attached hydrogen (secondary N) is 3. The van der Waals surface area contributed by atoms with Gasteiger partial charge in [0.2, 0.25) is 0 Å². The maximum atomic E-state index is 12.7. The van der Waals surface area contributed by atoms with Crippen LogP contribution in [-0.2, 0) is 22.6 Å².